The van der Waals surface area contributed by atoms with Crippen molar-refractivity contribution >= 4 is 9.84 Å². The second-order valence-corrected chi connectivity index (χ2v) is 5.27. The molecule has 84 valence electrons. The zero-order valence-electron chi connectivity index (χ0n) is 8.88. The van der Waals surface area contributed by atoms with Gasteiger partial charge in [0.1, 0.15) is 5.76 Å². The summed E-state index contributed by atoms with van der Waals surface area (Å²) in [5.74, 6) is 0.675. The van der Waals surface area contributed by atoms with Gasteiger partial charge < -0.3 is 4.42 Å². The van der Waals surface area contributed by atoms with Gasteiger partial charge in [0.15, 0.2) is 0 Å². The molecule has 0 aliphatic rings. The normalized spacial score (nSPS) is 11.6. The molecule has 3 nitrogen and oxygen atoms in total. The average molecular weight is 236 g/mol. The van der Waals surface area contributed by atoms with Crippen LogP contribution in [0, 0.1) is 0 Å². The molecular formula is C12H12O3S. The lowest BCUT2D eigenvalue weighted by Gasteiger charge is -1.99. The SMILES string of the molecule is CCc1ccc(S(=O)(=O)c2ccccc2)o1. The molecule has 0 saturated carbocycles. The van der Waals surface area contributed by atoms with Crippen LogP contribution in [0.3, 0.4) is 0 Å². The zero-order chi connectivity index (χ0) is 11.6. The van der Waals surface area contributed by atoms with Crippen molar-refractivity contribution in [2.24, 2.45) is 0 Å². The van der Waals surface area contributed by atoms with Crippen LogP contribution in [-0.4, -0.2) is 8.42 Å². The smallest absolute Gasteiger partial charge is 0.239 e. The molecule has 0 saturated heterocycles. The van der Waals surface area contributed by atoms with Gasteiger partial charge in [-0.1, -0.05) is 25.1 Å². The van der Waals surface area contributed by atoms with Gasteiger partial charge >= 0.3 is 0 Å². The minimum Gasteiger partial charge on any atom is -0.449 e. The molecule has 0 bridgehead atoms. The summed E-state index contributed by atoms with van der Waals surface area (Å²) in [6.45, 7) is 1.91. The maximum Gasteiger partial charge on any atom is 0.239 e. The fourth-order valence-corrected chi connectivity index (χ4v) is 2.62. The number of hydrogen-bond donors (Lipinski definition) is 0. The first kappa shape index (κ1) is 11.0. The zero-order valence-corrected chi connectivity index (χ0v) is 9.70. The molecule has 0 unspecified atom stereocenters. The minimum atomic E-state index is -3.49. The molecule has 16 heavy (non-hydrogen) atoms. The van der Waals surface area contributed by atoms with Crippen molar-refractivity contribution in [2.45, 2.75) is 23.3 Å². The molecule has 0 spiro atoms. The maximum atomic E-state index is 12.1. The number of rotatable bonds is 3. The quantitative estimate of drug-likeness (QED) is 0.823. The van der Waals surface area contributed by atoms with E-state index < -0.39 is 9.84 Å². The fourth-order valence-electron chi connectivity index (χ4n) is 1.41. The molecule has 0 fully saturated rings. The number of aryl methyl sites for hydroxylation is 1. The van der Waals surface area contributed by atoms with Crippen molar-refractivity contribution in [3.05, 3.63) is 48.2 Å². The summed E-state index contributed by atoms with van der Waals surface area (Å²) in [7, 11) is -3.49. The third kappa shape index (κ3) is 1.88. The van der Waals surface area contributed by atoms with Crippen LogP contribution >= 0.6 is 0 Å². The van der Waals surface area contributed by atoms with Crippen molar-refractivity contribution in [3.63, 3.8) is 0 Å². The second-order valence-electron chi connectivity index (χ2n) is 3.39. The molecule has 2 rings (SSSR count). The Morgan fingerprint density at radius 2 is 1.75 bits per heavy atom. The molecule has 4 heteroatoms. The van der Waals surface area contributed by atoms with E-state index in [1.807, 2.05) is 6.92 Å². The van der Waals surface area contributed by atoms with Crippen molar-refractivity contribution < 1.29 is 12.8 Å². The molecule has 0 aliphatic heterocycles. The first-order valence-corrected chi connectivity index (χ1v) is 6.52. The molecular weight excluding hydrogens is 224 g/mol. The second kappa shape index (κ2) is 4.14. The largest absolute Gasteiger partial charge is 0.449 e. The predicted molar refractivity (Wildman–Crippen MR) is 60.0 cm³/mol. The summed E-state index contributed by atoms with van der Waals surface area (Å²) in [5.41, 5.74) is 0. The fraction of sp³-hybridized carbons (Fsp3) is 0.167. The highest BCUT2D eigenvalue weighted by Crippen LogP contribution is 2.22. The van der Waals surface area contributed by atoms with Gasteiger partial charge in [0.2, 0.25) is 14.9 Å². The highest BCUT2D eigenvalue weighted by molar-refractivity contribution is 7.91. The molecule has 1 aromatic heterocycles. The van der Waals surface area contributed by atoms with Crippen LogP contribution in [-0.2, 0) is 16.3 Å². The monoisotopic (exact) mass is 236 g/mol. The average Bonchev–Trinajstić information content (AvgIpc) is 2.79. The Hall–Kier alpha value is -1.55. The third-order valence-corrected chi connectivity index (χ3v) is 3.95. The highest BCUT2D eigenvalue weighted by atomic mass is 32.2. The lowest BCUT2D eigenvalue weighted by Crippen LogP contribution is -1.99. The lowest BCUT2D eigenvalue weighted by molar-refractivity contribution is 0.418. The molecule has 0 aliphatic carbocycles. The van der Waals surface area contributed by atoms with Crippen LogP contribution < -0.4 is 0 Å². The molecule has 1 aromatic carbocycles. The van der Waals surface area contributed by atoms with Crippen LogP contribution in [0.4, 0.5) is 0 Å². The molecule has 0 radical (unpaired) electrons. The summed E-state index contributed by atoms with van der Waals surface area (Å²) >= 11 is 0. The topological polar surface area (TPSA) is 47.3 Å². The first-order chi connectivity index (χ1) is 7.64. The van der Waals surface area contributed by atoms with Gasteiger partial charge in [-0.05, 0) is 24.3 Å². The Labute approximate surface area is 94.6 Å². The lowest BCUT2D eigenvalue weighted by atomic mass is 10.4. The Morgan fingerprint density at radius 3 is 2.31 bits per heavy atom. The Morgan fingerprint density at radius 1 is 1.06 bits per heavy atom. The summed E-state index contributed by atoms with van der Waals surface area (Å²) in [5, 5.41) is 0.00977. The third-order valence-electron chi connectivity index (χ3n) is 2.30. The van der Waals surface area contributed by atoms with Crippen LogP contribution in [0.1, 0.15) is 12.7 Å². The van der Waals surface area contributed by atoms with Gasteiger partial charge in [0.25, 0.3) is 0 Å². The number of furan rings is 1. The van der Waals surface area contributed by atoms with E-state index in [2.05, 4.69) is 0 Å². The van der Waals surface area contributed by atoms with Crippen molar-refractivity contribution in [2.75, 3.05) is 0 Å². The number of benzene rings is 1. The van der Waals surface area contributed by atoms with Crippen LogP contribution in [0.2, 0.25) is 0 Å². The molecule has 1 heterocycles. The van der Waals surface area contributed by atoms with Gasteiger partial charge in [-0.2, -0.15) is 0 Å². The van der Waals surface area contributed by atoms with E-state index in [1.54, 1.807) is 36.4 Å². The Kier molecular flexibility index (Phi) is 2.83. The van der Waals surface area contributed by atoms with Crippen LogP contribution in [0.15, 0.2) is 56.9 Å². The number of hydrogen-bond acceptors (Lipinski definition) is 3. The van der Waals surface area contributed by atoms with Gasteiger partial charge in [0, 0.05) is 6.42 Å². The molecule has 2 aromatic rings. The first-order valence-electron chi connectivity index (χ1n) is 5.03. The van der Waals surface area contributed by atoms with Crippen LogP contribution in [0.5, 0.6) is 0 Å². The van der Waals surface area contributed by atoms with Gasteiger partial charge in [-0.15, -0.1) is 0 Å². The van der Waals surface area contributed by atoms with E-state index in [9.17, 15) is 8.42 Å². The summed E-state index contributed by atoms with van der Waals surface area (Å²) in [4.78, 5) is 0.256. The van der Waals surface area contributed by atoms with E-state index in [-0.39, 0.29) is 9.99 Å². The van der Waals surface area contributed by atoms with Crippen molar-refractivity contribution in [1.29, 1.82) is 0 Å². The van der Waals surface area contributed by atoms with Crippen molar-refractivity contribution in [3.8, 4) is 0 Å². The summed E-state index contributed by atoms with van der Waals surface area (Å²) < 4.78 is 29.4. The summed E-state index contributed by atoms with van der Waals surface area (Å²) in [6, 6.07) is 11.5. The maximum absolute atomic E-state index is 12.1. The standard InChI is InChI=1S/C12H12O3S/c1-2-10-8-9-12(15-10)16(13,14)11-6-4-3-5-7-11/h3-9H,2H2,1H3. The van der Waals surface area contributed by atoms with E-state index in [0.717, 1.165) is 0 Å². The van der Waals surface area contributed by atoms with E-state index in [0.29, 0.717) is 12.2 Å². The molecule has 0 N–H and O–H groups in total. The highest BCUT2D eigenvalue weighted by Gasteiger charge is 2.20. The Bertz CT molecular complexity index is 567. The van der Waals surface area contributed by atoms with Gasteiger partial charge in [-0.3, -0.25) is 0 Å². The number of sulfone groups is 1. The van der Waals surface area contributed by atoms with E-state index >= 15 is 0 Å². The minimum absolute atomic E-state index is 0.00977. The van der Waals surface area contributed by atoms with E-state index in [4.69, 9.17) is 4.42 Å². The summed E-state index contributed by atoms with van der Waals surface area (Å²) in [6.07, 6.45) is 0.685. The Balaban J connectivity index is 2.47. The van der Waals surface area contributed by atoms with E-state index in [1.165, 1.54) is 6.07 Å². The van der Waals surface area contributed by atoms with Gasteiger partial charge in [-0.25, -0.2) is 8.42 Å². The van der Waals surface area contributed by atoms with Crippen molar-refractivity contribution in [1.82, 2.24) is 0 Å². The van der Waals surface area contributed by atoms with Gasteiger partial charge in [0.05, 0.1) is 4.90 Å². The molecule has 0 atom stereocenters. The predicted octanol–water partition coefficient (Wildman–Crippen LogP) is 2.67. The van der Waals surface area contributed by atoms with Crippen LogP contribution in [0.25, 0.3) is 0 Å². The molecule has 0 amide bonds.